The lowest BCUT2D eigenvalue weighted by Gasteiger charge is -2.16. The van der Waals surface area contributed by atoms with Crippen LogP contribution < -0.4 is 0 Å². The summed E-state index contributed by atoms with van der Waals surface area (Å²) in [5.41, 5.74) is 1.36. The molecule has 1 rings (SSSR count). The quantitative estimate of drug-likeness (QED) is 0.483. The third-order valence-electron chi connectivity index (χ3n) is 1.89. The van der Waals surface area contributed by atoms with E-state index in [-0.39, 0.29) is 0 Å². The molecular weight excluding hydrogens is 176 g/mol. The van der Waals surface area contributed by atoms with Crippen molar-refractivity contribution < 1.29 is 4.43 Å². The van der Waals surface area contributed by atoms with Gasteiger partial charge in [-0.25, -0.2) is 0 Å². The molecule has 0 bridgehead atoms. The van der Waals surface area contributed by atoms with Crippen LogP contribution in [0.25, 0.3) is 0 Å². The van der Waals surface area contributed by atoms with Gasteiger partial charge in [-0.15, -0.1) is 0 Å². The highest BCUT2D eigenvalue weighted by Crippen LogP contribution is 2.14. The molecule has 1 radical (unpaired) electrons. The van der Waals surface area contributed by atoms with Gasteiger partial charge >= 0.3 is 0 Å². The van der Waals surface area contributed by atoms with Gasteiger partial charge in [0.15, 0.2) is 8.32 Å². The normalized spacial score (nSPS) is 16.4. The predicted molar refractivity (Wildman–Crippen MR) is 59.0 cm³/mol. The standard InChI is InChI=1S/C11H19OSi/c1-13(2,3)12-10-6-9-11-7-4-5-8-11/h4,7H,5-6,9-10H2,1-3H3. The van der Waals surface area contributed by atoms with Crippen molar-refractivity contribution in [3.8, 4) is 0 Å². The molecule has 13 heavy (non-hydrogen) atoms. The summed E-state index contributed by atoms with van der Waals surface area (Å²) in [7, 11) is -1.28. The summed E-state index contributed by atoms with van der Waals surface area (Å²) in [6.45, 7) is 7.60. The molecule has 0 amide bonds. The number of hydrogen-bond acceptors (Lipinski definition) is 1. The largest absolute Gasteiger partial charge is 0.418 e. The fraction of sp³-hybridized carbons (Fsp3) is 0.636. The molecule has 1 aliphatic carbocycles. The molecule has 0 aromatic carbocycles. The molecule has 0 saturated carbocycles. The summed E-state index contributed by atoms with van der Waals surface area (Å²) < 4.78 is 5.76. The molecule has 0 saturated heterocycles. The Labute approximate surface area is 82.6 Å². The Morgan fingerprint density at radius 3 is 2.77 bits per heavy atom. The van der Waals surface area contributed by atoms with Crippen LogP contribution in [0.2, 0.25) is 19.6 Å². The Hall–Kier alpha value is -0.343. The van der Waals surface area contributed by atoms with Gasteiger partial charge in [0.25, 0.3) is 0 Å². The van der Waals surface area contributed by atoms with E-state index in [4.69, 9.17) is 4.43 Å². The minimum absolute atomic E-state index is 0.911. The van der Waals surface area contributed by atoms with E-state index in [1.807, 2.05) is 0 Å². The van der Waals surface area contributed by atoms with Crippen LogP contribution in [0.5, 0.6) is 0 Å². The van der Waals surface area contributed by atoms with Crippen LogP contribution in [0, 0.1) is 6.08 Å². The maximum absolute atomic E-state index is 5.76. The maximum atomic E-state index is 5.76. The first kappa shape index (κ1) is 10.7. The van der Waals surface area contributed by atoms with Crippen LogP contribution >= 0.6 is 0 Å². The number of hydrogen-bond donors (Lipinski definition) is 0. The monoisotopic (exact) mass is 195 g/mol. The second-order valence-electron chi connectivity index (χ2n) is 4.37. The van der Waals surface area contributed by atoms with Gasteiger partial charge in [-0.3, -0.25) is 0 Å². The first-order chi connectivity index (χ1) is 6.08. The van der Waals surface area contributed by atoms with Gasteiger partial charge in [0.05, 0.1) is 0 Å². The van der Waals surface area contributed by atoms with Crippen LogP contribution in [0.4, 0.5) is 0 Å². The summed E-state index contributed by atoms with van der Waals surface area (Å²) in [5.74, 6) is 0. The lowest BCUT2D eigenvalue weighted by Crippen LogP contribution is -2.25. The molecule has 73 valence electrons. The van der Waals surface area contributed by atoms with Crippen LogP contribution in [0.15, 0.2) is 17.7 Å². The molecule has 0 aromatic rings. The summed E-state index contributed by atoms with van der Waals surface area (Å²) in [4.78, 5) is 0. The maximum Gasteiger partial charge on any atom is 0.183 e. The van der Waals surface area contributed by atoms with Crippen molar-refractivity contribution in [3.05, 3.63) is 23.8 Å². The molecule has 0 aromatic heterocycles. The Balaban J connectivity index is 2.04. The van der Waals surface area contributed by atoms with E-state index in [0.717, 1.165) is 25.9 Å². The van der Waals surface area contributed by atoms with E-state index >= 15 is 0 Å². The van der Waals surface area contributed by atoms with Gasteiger partial charge in [-0.1, -0.05) is 12.2 Å². The highest BCUT2D eigenvalue weighted by molar-refractivity contribution is 6.69. The van der Waals surface area contributed by atoms with Crippen molar-refractivity contribution in [2.45, 2.75) is 38.9 Å². The second kappa shape index (κ2) is 4.77. The van der Waals surface area contributed by atoms with Gasteiger partial charge in [-0.2, -0.15) is 0 Å². The van der Waals surface area contributed by atoms with Crippen LogP contribution in [0.1, 0.15) is 19.3 Å². The summed E-state index contributed by atoms with van der Waals surface area (Å²) >= 11 is 0. The molecule has 0 fully saturated rings. The van der Waals surface area contributed by atoms with Gasteiger partial charge in [0.1, 0.15) is 0 Å². The molecular formula is C11H19OSi. The first-order valence-corrected chi connectivity index (χ1v) is 8.39. The zero-order chi connectivity index (χ0) is 9.73. The van der Waals surface area contributed by atoms with Crippen molar-refractivity contribution in [2.75, 3.05) is 6.61 Å². The number of rotatable bonds is 5. The highest BCUT2D eigenvalue weighted by atomic mass is 28.4. The van der Waals surface area contributed by atoms with E-state index in [1.54, 1.807) is 0 Å². The lowest BCUT2D eigenvalue weighted by molar-refractivity contribution is 0.305. The summed E-state index contributed by atoms with van der Waals surface area (Å²) in [5, 5.41) is 0. The average Bonchev–Trinajstić information content (AvgIpc) is 2.48. The van der Waals surface area contributed by atoms with Gasteiger partial charge in [0, 0.05) is 6.61 Å². The minimum Gasteiger partial charge on any atom is -0.418 e. The molecule has 0 spiro atoms. The smallest absolute Gasteiger partial charge is 0.183 e. The molecule has 0 N–H and O–H groups in total. The Bertz CT molecular complexity index is 211. The average molecular weight is 195 g/mol. The van der Waals surface area contributed by atoms with Crippen molar-refractivity contribution in [2.24, 2.45) is 0 Å². The van der Waals surface area contributed by atoms with Crippen LogP contribution in [-0.2, 0) is 4.43 Å². The molecule has 0 atom stereocenters. The molecule has 1 aliphatic rings. The van der Waals surface area contributed by atoms with Crippen LogP contribution in [-0.4, -0.2) is 14.9 Å². The van der Waals surface area contributed by atoms with Crippen molar-refractivity contribution in [1.82, 2.24) is 0 Å². The molecule has 0 heterocycles. The molecule has 0 unspecified atom stereocenters. The fourth-order valence-electron chi connectivity index (χ4n) is 1.26. The predicted octanol–water partition coefficient (Wildman–Crippen LogP) is 3.31. The zero-order valence-electron chi connectivity index (χ0n) is 8.89. The Morgan fingerprint density at radius 1 is 1.46 bits per heavy atom. The van der Waals surface area contributed by atoms with Crippen molar-refractivity contribution in [3.63, 3.8) is 0 Å². The van der Waals surface area contributed by atoms with E-state index in [2.05, 4.69) is 37.9 Å². The fourth-order valence-corrected chi connectivity index (χ4v) is 2.02. The van der Waals surface area contributed by atoms with Gasteiger partial charge in [-0.05, 0) is 50.6 Å². The van der Waals surface area contributed by atoms with E-state index in [0.29, 0.717) is 0 Å². The van der Waals surface area contributed by atoms with Gasteiger partial charge < -0.3 is 4.43 Å². The number of allylic oxidation sites excluding steroid dienone is 4. The molecule has 1 nitrogen and oxygen atoms in total. The first-order valence-electron chi connectivity index (χ1n) is 4.98. The van der Waals surface area contributed by atoms with Gasteiger partial charge in [0.2, 0.25) is 0 Å². The van der Waals surface area contributed by atoms with E-state index in [9.17, 15) is 0 Å². The summed E-state index contributed by atoms with van der Waals surface area (Å²) in [6, 6.07) is 0. The third kappa shape index (κ3) is 5.06. The van der Waals surface area contributed by atoms with Crippen molar-refractivity contribution >= 4 is 8.32 Å². The zero-order valence-corrected chi connectivity index (χ0v) is 9.89. The second-order valence-corrected chi connectivity index (χ2v) is 8.89. The van der Waals surface area contributed by atoms with Crippen LogP contribution in [0.3, 0.4) is 0 Å². The molecule has 2 heteroatoms. The Kier molecular flexibility index (Phi) is 3.94. The highest BCUT2D eigenvalue weighted by Gasteiger charge is 2.13. The molecule has 0 aliphatic heterocycles. The summed E-state index contributed by atoms with van der Waals surface area (Å²) in [6.07, 6.45) is 10.9. The van der Waals surface area contributed by atoms with Crippen molar-refractivity contribution in [1.29, 1.82) is 0 Å². The van der Waals surface area contributed by atoms with E-state index < -0.39 is 8.32 Å². The lowest BCUT2D eigenvalue weighted by atomic mass is 10.2. The SMILES string of the molecule is C[Si](C)(C)OCCCC1=[C]CC=C1. The topological polar surface area (TPSA) is 9.23 Å². The Morgan fingerprint density at radius 2 is 2.23 bits per heavy atom. The third-order valence-corrected chi connectivity index (χ3v) is 2.96. The van der Waals surface area contributed by atoms with E-state index in [1.165, 1.54) is 5.57 Å². The minimum atomic E-state index is -1.28.